The van der Waals surface area contributed by atoms with E-state index >= 15 is 0 Å². The summed E-state index contributed by atoms with van der Waals surface area (Å²) >= 11 is 3.45. The van der Waals surface area contributed by atoms with E-state index in [9.17, 15) is 14.7 Å². The molecule has 1 aliphatic heterocycles. The fraction of sp³-hybridized carbons (Fsp3) is 0.565. The second-order valence-electron chi connectivity index (χ2n) is 7.45. The molecule has 2 atom stereocenters. The van der Waals surface area contributed by atoms with Crippen molar-refractivity contribution in [1.29, 1.82) is 0 Å². The first-order valence-corrected chi connectivity index (χ1v) is 11.3. The van der Waals surface area contributed by atoms with Gasteiger partial charge in [-0.25, -0.2) is 0 Å². The zero-order chi connectivity index (χ0) is 21.1. The molecule has 2 rings (SSSR count). The Kier molecular flexibility index (Phi) is 10.4. The van der Waals surface area contributed by atoms with Gasteiger partial charge in [0.15, 0.2) is 0 Å². The monoisotopic (exact) mass is 465 g/mol. The molecule has 0 radical (unpaired) electrons. The first-order valence-electron chi connectivity index (χ1n) is 10.6. The van der Waals surface area contributed by atoms with E-state index in [0.29, 0.717) is 25.9 Å². The molecule has 0 aromatic heterocycles. The van der Waals surface area contributed by atoms with Crippen LogP contribution in [0.1, 0.15) is 57.4 Å². The van der Waals surface area contributed by atoms with E-state index < -0.39 is 6.10 Å². The van der Waals surface area contributed by atoms with Crippen LogP contribution in [0.5, 0.6) is 0 Å². The summed E-state index contributed by atoms with van der Waals surface area (Å²) in [5.41, 5.74) is 1.07. The Balaban J connectivity index is 1.72. The van der Waals surface area contributed by atoms with Crippen LogP contribution in [0.15, 0.2) is 40.9 Å². The molecule has 1 saturated heterocycles. The largest absolute Gasteiger partial charge is 0.466 e. The Labute approximate surface area is 182 Å². The molecule has 1 aliphatic rings. The number of esters is 1. The summed E-state index contributed by atoms with van der Waals surface area (Å²) in [5, 5.41) is 10.3. The summed E-state index contributed by atoms with van der Waals surface area (Å²) in [6.07, 6.45) is 9.35. The van der Waals surface area contributed by atoms with E-state index in [1.165, 1.54) is 0 Å². The normalized spacial score (nSPS) is 17.8. The minimum Gasteiger partial charge on any atom is -0.466 e. The van der Waals surface area contributed by atoms with Crippen molar-refractivity contribution in [2.75, 3.05) is 13.2 Å². The van der Waals surface area contributed by atoms with Gasteiger partial charge in [0.2, 0.25) is 5.91 Å². The van der Waals surface area contributed by atoms with Crippen LogP contribution in [0.25, 0.3) is 0 Å². The first-order chi connectivity index (χ1) is 14.0. The topological polar surface area (TPSA) is 66.8 Å². The highest BCUT2D eigenvalue weighted by Crippen LogP contribution is 2.21. The fourth-order valence-electron chi connectivity index (χ4n) is 3.61. The summed E-state index contributed by atoms with van der Waals surface area (Å²) in [6, 6.07) is 7.99. The second-order valence-corrected chi connectivity index (χ2v) is 8.36. The number of aliphatic hydroxyl groups is 1. The van der Waals surface area contributed by atoms with Crippen LogP contribution >= 0.6 is 15.9 Å². The van der Waals surface area contributed by atoms with Gasteiger partial charge in [0.25, 0.3) is 0 Å². The van der Waals surface area contributed by atoms with Crippen molar-refractivity contribution in [2.45, 2.75) is 70.4 Å². The van der Waals surface area contributed by atoms with E-state index in [1.54, 1.807) is 0 Å². The predicted molar refractivity (Wildman–Crippen MR) is 117 cm³/mol. The third kappa shape index (κ3) is 8.70. The molecule has 0 spiro atoms. The number of halogens is 1. The Morgan fingerprint density at radius 1 is 1.34 bits per heavy atom. The molecule has 0 unspecified atom stereocenters. The molecule has 0 saturated carbocycles. The van der Waals surface area contributed by atoms with Gasteiger partial charge in [-0.15, -0.1) is 0 Å². The lowest BCUT2D eigenvalue weighted by Crippen LogP contribution is -2.32. The third-order valence-electron chi connectivity index (χ3n) is 5.10. The molecular formula is C23H32BrNO4. The standard InChI is InChI=1S/C23H32BrNO4/c1-2-29-23(28)10-5-3-4-6-15-25-20(12-14-22(25)27)11-13-21(26)17-18-8-7-9-19(24)16-18/h7-9,11,13,16,20-21,26H,2-6,10,12,14-15,17H2,1H3/t20-,21+/m0/s1. The minimum absolute atomic E-state index is 0.0687. The number of hydrogen-bond donors (Lipinski definition) is 1. The lowest BCUT2D eigenvalue weighted by molar-refractivity contribution is -0.143. The average Bonchev–Trinajstić information content (AvgIpc) is 3.03. The molecule has 1 amide bonds. The molecule has 0 bridgehead atoms. The fourth-order valence-corrected chi connectivity index (χ4v) is 4.06. The van der Waals surface area contributed by atoms with Crippen molar-refractivity contribution < 1.29 is 19.4 Å². The van der Waals surface area contributed by atoms with Crippen molar-refractivity contribution in [3.05, 3.63) is 46.5 Å². The van der Waals surface area contributed by atoms with Gasteiger partial charge < -0.3 is 14.7 Å². The Morgan fingerprint density at radius 2 is 2.14 bits per heavy atom. The number of amides is 1. The van der Waals surface area contributed by atoms with E-state index in [0.717, 1.165) is 48.7 Å². The van der Waals surface area contributed by atoms with Crippen molar-refractivity contribution in [1.82, 2.24) is 4.90 Å². The maximum Gasteiger partial charge on any atom is 0.305 e. The van der Waals surface area contributed by atoms with E-state index in [-0.39, 0.29) is 17.9 Å². The van der Waals surface area contributed by atoms with Gasteiger partial charge in [-0.1, -0.05) is 53.1 Å². The number of benzene rings is 1. The number of unbranched alkanes of at least 4 members (excludes halogenated alkanes) is 3. The molecule has 1 fully saturated rings. The SMILES string of the molecule is CCOC(=O)CCCCCCN1C(=O)CC[C@@H]1C=C[C@@H](O)Cc1cccc(Br)c1. The Morgan fingerprint density at radius 3 is 2.90 bits per heavy atom. The van der Waals surface area contributed by atoms with Crippen LogP contribution in [0.2, 0.25) is 0 Å². The number of hydrogen-bond acceptors (Lipinski definition) is 4. The Hall–Kier alpha value is -1.66. The maximum absolute atomic E-state index is 12.2. The molecule has 1 aromatic carbocycles. The first kappa shape index (κ1) is 23.6. The zero-order valence-electron chi connectivity index (χ0n) is 17.2. The summed E-state index contributed by atoms with van der Waals surface area (Å²) < 4.78 is 5.93. The van der Waals surface area contributed by atoms with Gasteiger partial charge in [0.05, 0.1) is 18.8 Å². The van der Waals surface area contributed by atoms with Gasteiger partial charge in [0, 0.05) is 30.3 Å². The number of nitrogens with zero attached hydrogens (tertiary/aromatic N) is 1. The van der Waals surface area contributed by atoms with Crippen LogP contribution in [0.4, 0.5) is 0 Å². The van der Waals surface area contributed by atoms with Gasteiger partial charge in [-0.05, 0) is 43.9 Å². The minimum atomic E-state index is -0.565. The summed E-state index contributed by atoms with van der Waals surface area (Å²) in [6.45, 7) is 2.98. The molecule has 5 nitrogen and oxygen atoms in total. The number of carbonyl (C=O) groups excluding carboxylic acids is 2. The van der Waals surface area contributed by atoms with Gasteiger partial charge >= 0.3 is 5.97 Å². The smallest absolute Gasteiger partial charge is 0.305 e. The van der Waals surface area contributed by atoms with Crippen molar-refractivity contribution in [3.63, 3.8) is 0 Å². The molecule has 29 heavy (non-hydrogen) atoms. The number of aliphatic hydroxyl groups excluding tert-OH is 1. The summed E-state index contributed by atoms with van der Waals surface area (Å²) in [4.78, 5) is 25.5. The molecular weight excluding hydrogens is 434 g/mol. The molecule has 1 heterocycles. The summed E-state index contributed by atoms with van der Waals surface area (Å²) in [7, 11) is 0. The second kappa shape index (κ2) is 12.8. The number of carbonyl (C=O) groups is 2. The van der Waals surface area contributed by atoms with Crippen LogP contribution < -0.4 is 0 Å². The molecule has 6 heteroatoms. The van der Waals surface area contributed by atoms with Crippen LogP contribution in [0, 0.1) is 0 Å². The average molecular weight is 466 g/mol. The highest BCUT2D eigenvalue weighted by atomic mass is 79.9. The number of rotatable bonds is 12. The van der Waals surface area contributed by atoms with Gasteiger partial charge in [0.1, 0.15) is 0 Å². The zero-order valence-corrected chi connectivity index (χ0v) is 18.8. The van der Waals surface area contributed by atoms with E-state index in [2.05, 4.69) is 15.9 Å². The van der Waals surface area contributed by atoms with Gasteiger partial charge in [-0.3, -0.25) is 9.59 Å². The van der Waals surface area contributed by atoms with E-state index in [4.69, 9.17) is 4.74 Å². The van der Waals surface area contributed by atoms with Crippen molar-refractivity contribution in [3.8, 4) is 0 Å². The molecule has 0 aliphatic carbocycles. The van der Waals surface area contributed by atoms with Gasteiger partial charge in [-0.2, -0.15) is 0 Å². The predicted octanol–water partition coefficient (Wildman–Crippen LogP) is 4.41. The summed E-state index contributed by atoms with van der Waals surface area (Å²) in [5.74, 6) is 0.0569. The lowest BCUT2D eigenvalue weighted by atomic mass is 10.1. The number of ether oxygens (including phenoxy) is 1. The molecule has 1 aromatic rings. The van der Waals surface area contributed by atoms with Crippen LogP contribution in [-0.4, -0.2) is 47.2 Å². The number of likely N-dealkylation sites (tertiary alicyclic amines) is 1. The Bertz CT molecular complexity index is 691. The highest BCUT2D eigenvalue weighted by molar-refractivity contribution is 9.10. The molecule has 1 N–H and O–H groups in total. The van der Waals surface area contributed by atoms with E-state index in [1.807, 2.05) is 48.2 Å². The molecule has 160 valence electrons. The highest BCUT2D eigenvalue weighted by Gasteiger charge is 2.28. The van der Waals surface area contributed by atoms with Crippen molar-refractivity contribution >= 4 is 27.8 Å². The maximum atomic E-state index is 12.2. The third-order valence-corrected chi connectivity index (χ3v) is 5.59. The van der Waals surface area contributed by atoms with Crippen LogP contribution in [-0.2, 0) is 20.7 Å². The van der Waals surface area contributed by atoms with Crippen LogP contribution in [0.3, 0.4) is 0 Å². The van der Waals surface area contributed by atoms with Crippen molar-refractivity contribution in [2.24, 2.45) is 0 Å². The quantitative estimate of drug-likeness (QED) is 0.282. The lowest BCUT2D eigenvalue weighted by Gasteiger charge is -2.22.